The van der Waals surface area contributed by atoms with E-state index in [-0.39, 0.29) is 5.56 Å². The maximum absolute atomic E-state index is 12.8. The second-order valence-electron chi connectivity index (χ2n) is 4.58. The van der Waals surface area contributed by atoms with Gasteiger partial charge in [-0.3, -0.25) is 0 Å². The highest BCUT2D eigenvalue weighted by Crippen LogP contribution is 2.36. The van der Waals surface area contributed by atoms with Crippen LogP contribution in [0.25, 0.3) is 11.1 Å². The molecule has 0 bridgehead atoms. The molecule has 0 fully saturated rings. The van der Waals surface area contributed by atoms with Gasteiger partial charge in [0.05, 0.1) is 11.1 Å². The van der Waals surface area contributed by atoms with E-state index in [9.17, 15) is 26.3 Å². The molecule has 0 spiro atoms. The van der Waals surface area contributed by atoms with Crippen LogP contribution in [0.1, 0.15) is 16.7 Å². The van der Waals surface area contributed by atoms with Crippen molar-refractivity contribution in [3.8, 4) is 11.1 Å². The SMILES string of the molecule is FC(F)(F)c1ccc(-c2cc(C(F)(F)F)ccc2CBr)cc1. The fourth-order valence-corrected chi connectivity index (χ4v) is 2.47. The number of hydrogen-bond acceptors (Lipinski definition) is 0. The molecule has 22 heavy (non-hydrogen) atoms. The molecule has 0 aliphatic rings. The minimum absolute atomic E-state index is 0.250. The van der Waals surface area contributed by atoms with Crippen molar-refractivity contribution in [3.63, 3.8) is 0 Å². The first kappa shape index (κ1) is 16.9. The maximum Gasteiger partial charge on any atom is 0.416 e. The van der Waals surface area contributed by atoms with Gasteiger partial charge in [-0.2, -0.15) is 26.3 Å². The van der Waals surface area contributed by atoms with Crippen LogP contribution in [0, 0.1) is 0 Å². The molecule has 2 aromatic rings. The van der Waals surface area contributed by atoms with Crippen molar-refractivity contribution in [2.24, 2.45) is 0 Å². The zero-order valence-electron chi connectivity index (χ0n) is 10.9. The first-order valence-corrected chi connectivity index (χ1v) is 7.19. The molecule has 0 aliphatic carbocycles. The van der Waals surface area contributed by atoms with Crippen LogP contribution in [0.4, 0.5) is 26.3 Å². The van der Waals surface area contributed by atoms with Gasteiger partial charge in [-0.15, -0.1) is 0 Å². The monoisotopic (exact) mass is 382 g/mol. The molecule has 0 radical (unpaired) electrons. The molecule has 0 aromatic heterocycles. The van der Waals surface area contributed by atoms with E-state index in [0.29, 0.717) is 16.5 Å². The average molecular weight is 383 g/mol. The Bertz CT molecular complexity index is 655. The predicted octanol–water partition coefficient (Wildman–Crippen LogP) is 6.29. The van der Waals surface area contributed by atoms with E-state index in [1.54, 1.807) is 0 Å². The quantitative estimate of drug-likeness (QED) is 0.423. The molecule has 0 unspecified atom stereocenters. The van der Waals surface area contributed by atoms with E-state index >= 15 is 0 Å². The highest BCUT2D eigenvalue weighted by Gasteiger charge is 2.32. The maximum atomic E-state index is 12.8. The van der Waals surface area contributed by atoms with E-state index in [2.05, 4.69) is 15.9 Å². The van der Waals surface area contributed by atoms with Gasteiger partial charge in [0, 0.05) is 5.33 Å². The largest absolute Gasteiger partial charge is 0.416 e. The van der Waals surface area contributed by atoms with Gasteiger partial charge in [-0.1, -0.05) is 34.1 Å². The van der Waals surface area contributed by atoms with Gasteiger partial charge in [0.15, 0.2) is 0 Å². The van der Waals surface area contributed by atoms with Crippen LogP contribution in [0.2, 0.25) is 0 Å². The Balaban J connectivity index is 2.51. The summed E-state index contributed by atoms with van der Waals surface area (Å²) in [4.78, 5) is 0. The van der Waals surface area contributed by atoms with Crippen molar-refractivity contribution in [3.05, 3.63) is 59.2 Å². The lowest BCUT2D eigenvalue weighted by atomic mass is 9.97. The zero-order valence-corrected chi connectivity index (χ0v) is 12.5. The summed E-state index contributed by atoms with van der Waals surface area (Å²) in [5.74, 6) is 0. The van der Waals surface area contributed by atoms with E-state index in [4.69, 9.17) is 0 Å². The topological polar surface area (TPSA) is 0 Å². The highest BCUT2D eigenvalue weighted by atomic mass is 79.9. The van der Waals surface area contributed by atoms with Crippen molar-refractivity contribution in [2.75, 3.05) is 0 Å². The van der Waals surface area contributed by atoms with Crippen LogP contribution in [0.3, 0.4) is 0 Å². The lowest BCUT2D eigenvalue weighted by molar-refractivity contribution is -0.138. The normalized spacial score (nSPS) is 12.5. The van der Waals surface area contributed by atoms with Crippen molar-refractivity contribution in [1.82, 2.24) is 0 Å². The van der Waals surface area contributed by atoms with E-state index in [1.807, 2.05) is 0 Å². The Morgan fingerprint density at radius 1 is 0.727 bits per heavy atom. The number of halogens is 7. The molecule has 0 heterocycles. The van der Waals surface area contributed by atoms with Crippen LogP contribution in [-0.4, -0.2) is 0 Å². The van der Waals surface area contributed by atoms with E-state index in [0.717, 1.165) is 24.3 Å². The molecule has 0 atom stereocenters. The van der Waals surface area contributed by atoms with Gasteiger partial charge in [0.1, 0.15) is 0 Å². The van der Waals surface area contributed by atoms with E-state index < -0.39 is 23.5 Å². The van der Waals surface area contributed by atoms with Gasteiger partial charge in [-0.25, -0.2) is 0 Å². The summed E-state index contributed by atoms with van der Waals surface area (Å²) in [5, 5.41) is 0.293. The van der Waals surface area contributed by atoms with Crippen molar-refractivity contribution in [2.45, 2.75) is 17.7 Å². The molecule has 118 valence electrons. The van der Waals surface area contributed by atoms with Gasteiger partial charge in [0.25, 0.3) is 0 Å². The third kappa shape index (κ3) is 3.63. The second-order valence-corrected chi connectivity index (χ2v) is 5.14. The van der Waals surface area contributed by atoms with Crippen LogP contribution < -0.4 is 0 Å². The number of alkyl halides is 7. The lowest BCUT2D eigenvalue weighted by Gasteiger charge is -2.13. The minimum atomic E-state index is -4.51. The molecule has 7 heteroatoms. The van der Waals surface area contributed by atoms with Crippen LogP contribution in [0.5, 0.6) is 0 Å². The van der Waals surface area contributed by atoms with Gasteiger partial charge in [-0.05, 0) is 41.0 Å². The van der Waals surface area contributed by atoms with Crippen molar-refractivity contribution >= 4 is 15.9 Å². The lowest BCUT2D eigenvalue weighted by Crippen LogP contribution is -2.06. The fourth-order valence-electron chi connectivity index (χ4n) is 1.98. The van der Waals surface area contributed by atoms with Gasteiger partial charge in [0.2, 0.25) is 0 Å². The summed E-state index contributed by atoms with van der Waals surface area (Å²) in [6.45, 7) is 0. The third-order valence-electron chi connectivity index (χ3n) is 3.10. The Labute approximate surface area is 130 Å². The second kappa shape index (κ2) is 5.95. The van der Waals surface area contributed by atoms with Crippen LogP contribution in [-0.2, 0) is 17.7 Å². The van der Waals surface area contributed by atoms with Gasteiger partial charge < -0.3 is 0 Å². The van der Waals surface area contributed by atoms with E-state index in [1.165, 1.54) is 18.2 Å². The zero-order chi connectivity index (χ0) is 16.5. The highest BCUT2D eigenvalue weighted by molar-refractivity contribution is 9.08. The van der Waals surface area contributed by atoms with Crippen molar-refractivity contribution < 1.29 is 26.3 Å². The summed E-state index contributed by atoms with van der Waals surface area (Å²) in [6, 6.07) is 7.25. The average Bonchev–Trinajstić information content (AvgIpc) is 2.45. The molecular weight excluding hydrogens is 374 g/mol. The number of hydrogen-bond donors (Lipinski definition) is 0. The molecule has 0 N–H and O–H groups in total. The molecule has 2 aromatic carbocycles. The summed E-state index contributed by atoms with van der Waals surface area (Å²) in [7, 11) is 0. The number of benzene rings is 2. The number of rotatable bonds is 2. The summed E-state index contributed by atoms with van der Waals surface area (Å²) >= 11 is 3.17. The summed E-state index contributed by atoms with van der Waals surface area (Å²) in [5.41, 5.74) is -0.572. The summed E-state index contributed by atoms with van der Waals surface area (Å²) in [6.07, 6.45) is -8.99. The predicted molar refractivity (Wildman–Crippen MR) is 74.5 cm³/mol. The molecule has 0 nitrogen and oxygen atoms in total. The Morgan fingerprint density at radius 2 is 1.23 bits per heavy atom. The first-order valence-electron chi connectivity index (χ1n) is 6.06. The summed E-state index contributed by atoms with van der Waals surface area (Å²) < 4.78 is 75.9. The van der Waals surface area contributed by atoms with Crippen molar-refractivity contribution in [1.29, 1.82) is 0 Å². The molecule has 0 saturated carbocycles. The minimum Gasteiger partial charge on any atom is -0.166 e. The smallest absolute Gasteiger partial charge is 0.166 e. The first-order chi connectivity index (χ1) is 10.1. The molecule has 0 aliphatic heterocycles. The molecular formula is C15H9BrF6. The van der Waals surface area contributed by atoms with Crippen LogP contribution >= 0.6 is 15.9 Å². The Morgan fingerprint density at radius 3 is 1.68 bits per heavy atom. The third-order valence-corrected chi connectivity index (χ3v) is 3.71. The Hall–Kier alpha value is -1.50. The fraction of sp³-hybridized carbons (Fsp3) is 0.200. The standard InChI is InChI=1S/C15H9BrF6/c16-8-10-3-6-12(15(20,21)22)7-13(10)9-1-4-11(5-2-9)14(17,18)19/h1-7H,8H2. The molecule has 0 saturated heterocycles. The Kier molecular flexibility index (Phi) is 4.56. The van der Waals surface area contributed by atoms with Gasteiger partial charge >= 0.3 is 12.4 Å². The van der Waals surface area contributed by atoms with Crippen LogP contribution in [0.15, 0.2) is 42.5 Å². The molecule has 0 amide bonds. The molecule has 2 rings (SSSR count).